The van der Waals surface area contributed by atoms with Crippen LogP contribution in [-0.4, -0.2) is 37.0 Å². The zero-order valence-electron chi connectivity index (χ0n) is 9.26. The quantitative estimate of drug-likeness (QED) is 0.668. The van der Waals surface area contributed by atoms with E-state index in [-0.39, 0.29) is 5.91 Å². The van der Waals surface area contributed by atoms with Crippen molar-refractivity contribution in [3.05, 3.63) is 0 Å². The molecule has 0 bridgehead atoms. The molecule has 13 heavy (non-hydrogen) atoms. The van der Waals surface area contributed by atoms with Crippen LogP contribution in [0.5, 0.6) is 0 Å². The second-order valence-corrected chi connectivity index (χ2v) is 3.48. The number of carbonyl (C=O) groups excluding carboxylic acids is 1. The first-order valence-electron chi connectivity index (χ1n) is 5.07. The van der Waals surface area contributed by atoms with Crippen molar-refractivity contribution in [3.63, 3.8) is 0 Å². The number of carbonyl (C=O) groups is 1. The highest BCUT2D eigenvalue weighted by molar-refractivity contribution is 5.73. The molecule has 1 aliphatic rings. The van der Waals surface area contributed by atoms with E-state index in [9.17, 15) is 4.79 Å². The fourth-order valence-electron chi connectivity index (χ4n) is 1.23. The maximum atomic E-state index is 10.8. The summed E-state index contributed by atoms with van der Waals surface area (Å²) in [5.74, 6) is 0.161. The summed E-state index contributed by atoms with van der Waals surface area (Å²) in [5.41, 5.74) is 0. The van der Waals surface area contributed by atoms with E-state index < -0.39 is 0 Å². The summed E-state index contributed by atoms with van der Waals surface area (Å²) in [6.07, 6.45) is 2.34. The lowest BCUT2D eigenvalue weighted by atomic mass is 10.2. The molecule has 3 nitrogen and oxygen atoms in total. The molecular weight excluding hydrogens is 164 g/mol. The molecule has 1 rings (SSSR count). The standard InChI is InChI=1S/C7H14N2O.C3H8/c1-6(10)9(2)7-3-4-8-5-7;1-3-2/h7-8H,3-5H2,1-2H3;3H2,1-2H3/t7-;/m1./s1. The van der Waals surface area contributed by atoms with Crippen LogP contribution < -0.4 is 5.32 Å². The van der Waals surface area contributed by atoms with Crippen LogP contribution in [-0.2, 0) is 4.79 Å². The van der Waals surface area contributed by atoms with E-state index in [0.717, 1.165) is 19.5 Å². The molecule has 0 aliphatic carbocycles. The predicted molar refractivity (Wildman–Crippen MR) is 55.7 cm³/mol. The SMILES string of the molecule is CC(=O)N(C)[C@@H]1CCNC1.CCC. The molecule has 1 saturated heterocycles. The fourth-order valence-corrected chi connectivity index (χ4v) is 1.23. The van der Waals surface area contributed by atoms with Gasteiger partial charge in [0.05, 0.1) is 0 Å². The van der Waals surface area contributed by atoms with Gasteiger partial charge in [-0.15, -0.1) is 0 Å². The van der Waals surface area contributed by atoms with Crippen molar-refractivity contribution in [3.8, 4) is 0 Å². The number of nitrogens with zero attached hydrogens (tertiary/aromatic N) is 1. The second kappa shape index (κ2) is 6.89. The van der Waals surface area contributed by atoms with Crippen molar-refractivity contribution >= 4 is 5.91 Å². The highest BCUT2D eigenvalue weighted by Crippen LogP contribution is 2.05. The molecular formula is C10H22N2O. The summed E-state index contributed by atoms with van der Waals surface area (Å²) in [6.45, 7) is 7.86. The first kappa shape index (κ1) is 12.4. The maximum absolute atomic E-state index is 10.8. The number of amides is 1. The van der Waals surface area contributed by atoms with E-state index in [1.807, 2.05) is 7.05 Å². The molecule has 1 fully saturated rings. The molecule has 0 aromatic carbocycles. The van der Waals surface area contributed by atoms with Crippen LogP contribution in [0.2, 0.25) is 0 Å². The molecule has 1 N–H and O–H groups in total. The minimum absolute atomic E-state index is 0.161. The molecule has 0 spiro atoms. The molecule has 1 atom stereocenters. The number of hydrogen-bond donors (Lipinski definition) is 1. The van der Waals surface area contributed by atoms with E-state index in [1.54, 1.807) is 11.8 Å². The molecule has 0 aromatic heterocycles. The third-order valence-electron chi connectivity index (χ3n) is 2.08. The summed E-state index contributed by atoms with van der Waals surface area (Å²) in [5, 5.41) is 3.21. The van der Waals surface area contributed by atoms with Crippen molar-refractivity contribution in [2.75, 3.05) is 20.1 Å². The van der Waals surface area contributed by atoms with E-state index in [1.165, 1.54) is 6.42 Å². The van der Waals surface area contributed by atoms with Gasteiger partial charge in [0.2, 0.25) is 5.91 Å². The number of hydrogen-bond acceptors (Lipinski definition) is 2. The summed E-state index contributed by atoms with van der Waals surface area (Å²) >= 11 is 0. The van der Waals surface area contributed by atoms with Gasteiger partial charge in [0.15, 0.2) is 0 Å². The van der Waals surface area contributed by atoms with Gasteiger partial charge in [-0.25, -0.2) is 0 Å². The summed E-state index contributed by atoms with van der Waals surface area (Å²) in [6, 6.07) is 0.428. The zero-order valence-corrected chi connectivity index (χ0v) is 9.26. The van der Waals surface area contributed by atoms with Gasteiger partial charge in [-0.2, -0.15) is 0 Å². The first-order chi connectivity index (χ1) is 6.13. The lowest BCUT2D eigenvalue weighted by molar-refractivity contribution is -0.129. The van der Waals surface area contributed by atoms with Crippen LogP contribution in [0.1, 0.15) is 33.6 Å². The van der Waals surface area contributed by atoms with Gasteiger partial charge in [0.25, 0.3) is 0 Å². The first-order valence-corrected chi connectivity index (χ1v) is 5.07. The van der Waals surface area contributed by atoms with Crippen molar-refractivity contribution in [1.29, 1.82) is 0 Å². The van der Waals surface area contributed by atoms with Gasteiger partial charge in [-0.05, 0) is 13.0 Å². The number of rotatable bonds is 1. The van der Waals surface area contributed by atoms with E-state index in [0.29, 0.717) is 6.04 Å². The Bertz CT molecular complexity index is 142. The lowest BCUT2D eigenvalue weighted by Gasteiger charge is -2.21. The van der Waals surface area contributed by atoms with Gasteiger partial charge >= 0.3 is 0 Å². The Labute approximate surface area is 81.5 Å². The molecule has 78 valence electrons. The van der Waals surface area contributed by atoms with Crippen LogP contribution in [0.4, 0.5) is 0 Å². The highest BCUT2D eigenvalue weighted by atomic mass is 16.2. The largest absolute Gasteiger partial charge is 0.342 e. The van der Waals surface area contributed by atoms with Gasteiger partial charge in [-0.3, -0.25) is 4.79 Å². The molecule has 0 radical (unpaired) electrons. The number of likely N-dealkylation sites (N-methyl/N-ethyl adjacent to an activating group) is 1. The van der Waals surface area contributed by atoms with Crippen LogP contribution in [0, 0.1) is 0 Å². The summed E-state index contributed by atoms with van der Waals surface area (Å²) < 4.78 is 0. The Morgan fingerprint density at radius 3 is 2.38 bits per heavy atom. The Morgan fingerprint density at radius 1 is 1.54 bits per heavy atom. The minimum Gasteiger partial charge on any atom is -0.342 e. The second-order valence-electron chi connectivity index (χ2n) is 3.48. The van der Waals surface area contributed by atoms with Gasteiger partial charge in [-0.1, -0.05) is 20.3 Å². The Hall–Kier alpha value is -0.570. The molecule has 0 saturated carbocycles. The normalized spacial score (nSPS) is 20.5. The van der Waals surface area contributed by atoms with Crippen LogP contribution in [0.15, 0.2) is 0 Å². The average Bonchev–Trinajstić information content (AvgIpc) is 2.56. The third kappa shape index (κ3) is 4.88. The molecule has 1 aliphatic heterocycles. The van der Waals surface area contributed by atoms with Crippen molar-refractivity contribution in [1.82, 2.24) is 10.2 Å². The summed E-state index contributed by atoms with van der Waals surface area (Å²) in [7, 11) is 1.86. The predicted octanol–water partition coefficient (Wildman–Crippen LogP) is 1.24. The van der Waals surface area contributed by atoms with Crippen LogP contribution in [0.25, 0.3) is 0 Å². The Balaban J connectivity index is 0.000000424. The van der Waals surface area contributed by atoms with Crippen LogP contribution >= 0.6 is 0 Å². The van der Waals surface area contributed by atoms with Gasteiger partial charge in [0, 0.05) is 26.6 Å². The third-order valence-corrected chi connectivity index (χ3v) is 2.08. The van der Waals surface area contributed by atoms with Gasteiger partial charge in [0.1, 0.15) is 0 Å². The van der Waals surface area contributed by atoms with Crippen LogP contribution in [0.3, 0.4) is 0 Å². The average molecular weight is 186 g/mol. The summed E-state index contributed by atoms with van der Waals surface area (Å²) in [4.78, 5) is 12.6. The lowest BCUT2D eigenvalue weighted by Crippen LogP contribution is -2.36. The minimum atomic E-state index is 0.161. The molecule has 0 aromatic rings. The Morgan fingerprint density at radius 2 is 2.08 bits per heavy atom. The van der Waals surface area contributed by atoms with Crippen molar-refractivity contribution < 1.29 is 4.79 Å². The van der Waals surface area contributed by atoms with Crippen molar-refractivity contribution in [2.45, 2.75) is 39.7 Å². The van der Waals surface area contributed by atoms with Crippen molar-refractivity contribution in [2.24, 2.45) is 0 Å². The van der Waals surface area contributed by atoms with E-state index in [4.69, 9.17) is 0 Å². The highest BCUT2D eigenvalue weighted by Gasteiger charge is 2.20. The molecule has 0 unspecified atom stereocenters. The molecule has 1 heterocycles. The number of nitrogens with one attached hydrogen (secondary N) is 1. The van der Waals surface area contributed by atoms with Gasteiger partial charge < -0.3 is 10.2 Å². The maximum Gasteiger partial charge on any atom is 0.219 e. The molecule has 1 amide bonds. The Kier molecular flexibility index (Phi) is 6.59. The zero-order chi connectivity index (χ0) is 10.3. The topological polar surface area (TPSA) is 32.3 Å². The molecule has 3 heteroatoms. The smallest absolute Gasteiger partial charge is 0.219 e. The fraction of sp³-hybridized carbons (Fsp3) is 0.900. The van der Waals surface area contributed by atoms with E-state index in [2.05, 4.69) is 19.2 Å². The van der Waals surface area contributed by atoms with E-state index >= 15 is 0 Å². The monoisotopic (exact) mass is 186 g/mol.